The molecule has 1 atom stereocenters. The summed E-state index contributed by atoms with van der Waals surface area (Å²) in [5.74, 6) is -0.347. The van der Waals surface area contributed by atoms with Crippen LogP contribution in [0, 0.1) is 5.92 Å². The predicted molar refractivity (Wildman–Crippen MR) is 66.4 cm³/mol. The van der Waals surface area contributed by atoms with E-state index in [1.165, 1.54) is 6.07 Å². The number of carbonyl (C=O) groups is 1. The molecule has 110 valence electrons. The summed E-state index contributed by atoms with van der Waals surface area (Å²) >= 11 is 0. The van der Waals surface area contributed by atoms with Gasteiger partial charge in [0.25, 0.3) is 0 Å². The molecule has 1 saturated heterocycles. The van der Waals surface area contributed by atoms with Gasteiger partial charge < -0.3 is 10.0 Å². The zero-order valence-corrected chi connectivity index (χ0v) is 10.7. The highest BCUT2D eigenvalue weighted by molar-refractivity contribution is 5.66. The molecule has 1 aliphatic rings. The van der Waals surface area contributed by atoms with E-state index in [1.54, 1.807) is 11.0 Å². The fourth-order valence-corrected chi connectivity index (χ4v) is 2.36. The van der Waals surface area contributed by atoms with Crippen molar-refractivity contribution in [2.75, 3.05) is 18.0 Å². The summed E-state index contributed by atoms with van der Waals surface area (Å²) in [7, 11) is 0. The van der Waals surface area contributed by atoms with E-state index >= 15 is 0 Å². The van der Waals surface area contributed by atoms with Gasteiger partial charge in [0.15, 0.2) is 0 Å². The molecule has 0 bridgehead atoms. The van der Waals surface area contributed by atoms with Crippen molar-refractivity contribution in [3.63, 3.8) is 0 Å². The minimum Gasteiger partial charge on any atom is -0.481 e. The van der Waals surface area contributed by atoms with Gasteiger partial charge in [-0.25, -0.2) is 4.98 Å². The summed E-state index contributed by atoms with van der Waals surface area (Å²) in [6.07, 6.45) is -3.02. The lowest BCUT2D eigenvalue weighted by atomic mass is 10.0. The summed E-state index contributed by atoms with van der Waals surface area (Å²) in [6.45, 7) is 1.17. The minimum absolute atomic E-state index is 0.0918. The zero-order valence-electron chi connectivity index (χ0n) is 10.7. The van der Waals surface area contributed by atoms with Gasteiger partial charge in [-0.2, -0.15) is 13.2 Å². The lowest BCUT2D eigenvalue weighted by Gasteiger charge is -2.18. The Morgan fingerprint density at radius 1 is 1.45 bits per heavy atom. The van der Waals surface area contributed by atoms with Crippen molar-refractivity contribution in [2.24, 2.45) is 5.92 Å². The summed E-state index contributed by atoms with van der Waals surface area (Å²) < 4.78 is 37.8. The number of pyridine rings is 1. The van der Waals surface area contributed by atoms with Crippen LogP contribution in [-0.2, 0) is 11.0 Å². The van der Waals surface area contributed by atoms with Crippen LogP contribution in [0.4, 0.5) is 19.0 Å². The molecule has 2 heterocycles. The number of aromatic nitrogens is 1. The average molecular weight is 288 g/mol. The largest absolute Gasteiger partial charge is 0.481 e. The number of alkyl halides is 3. The molecule has 0 radical (unpaired) electrons. The number of rotatable bonds is 4. The maximum Gasteiger partial charge on any atom is 0.433 e. The molecule has 1 N–H and O–H groups in total. The molecule has 1 fully saturated rings. The number of aliphatic carboxylic acids is 1. The molecule has 4 nitrogen and oxygen atoms in total. The van der Waals surface area contributed by atoms with Crippen LogP contribution in [0.2, 0.25) is 0 Å². The van der Waals surface area contributed by atoms with E-state index in [0.717, 1.165) is 12.5 Å². The van der Waals surface area contributed by atoms with Crippen molar-refractivity contribution in [2.45, 2.75) is 25.4 Å². The predicted octanol–water partition coefficient (Wildman–Crippen LogP) is 2.79. The van der Waals surface area contributed by atoms with Gasteiger partial charge in [0.05, 0.1) is 0 Å². The van der Waals surface area contributed by atoms with Crippen molar-refractivity contribution in [1.29, 1.82) is 0 Å². The van der Waals surface area contributed by atoms with Crippen molar-refractivity contribution < 1.29 is 23.1 Å². The van der Waals surface area contributed by atoms with E-state index in [2.05, 4.69) is 4.98 Å². The maximum absolute atomic E-state index is 12.6. The molecular weight excluding hydrogens is 273 g/mol. The van der Waals surface area contributed by atoms with Crippen molar-refractivity contribution >= 4 is 11.8 Å². The van der Waals surface area contributed by atoms with Gasteiger partial charge in [-0.05, 0) is 30.9 Å². The molecule has 0 spiro atoms. The van der Waals surface area contributed by atoms with E-state index in [9.17, 15) is 18.0 Å². The summed E-state index contributed by atoms with van der Waals surface area (Å²) in [5.41, 5.74) is -0.899. The first-order valence-electron chi connectivity index (χ1n) is 6.37. The van der Waals surface area contributed by atoms with E-state index in [4.69, 9.17) is 5.11 Å². The van der Waals surface area contributed by atoms with Crippen LogP contribution in [0.25, 0.3) is 0 Å². The highest BCUT2D eigenvalue weighted by Gasteiger charge is 2.33. The van der Waals surface area contributed by atoms with E-state index in [0.29, 0.717) is 25.3 Å². The topological polar surface area (TPSA) is 53.4 Å². The molecule has 0 aromatic carbocycles. The Morgan fingerprint density at radius 2 is 2.20 bits per heavy atom. The van der Waals surface area contributed by atoms with Crippen LogP contribution in [0.3, 0.4) is 0 Å². The van der Waals surface area contributed by atoms with Crippen LogP contribution in [0.5, 0.6) is 0 Å². The van der Waals surface area contributed by atoms with E-state index < -0.39 is 17.8 Å². The second kappa shape index (κ2) is 5.68. The van der Waals surface area contributed by atoms with Gasteiger partial charge >= 0.3 is 12.1 Å². The zero-order chi connectivity index (χ0) is 14.8. The number of anilines is 1. The third kappa shape index (κ3) is 3.61. The first-order valence-corrected chi connectivity index (χ1v) is 6.37. The van der Waals surface area contributed by atoms with Crippen molar-refractivity contribution in [3.8, 4) is 0 Å². The Hall–Kier alpha value is -1.79. The first-order chi connectivity index (χ1) is 9.36. The van der Waals surface area contributed by atoms with Gasteiger partial charge in [-0.3, -0.25) is 4.79 Å². The standard InChI is InChI=1S/C13H15F3N2O2/c14-13(15,16)10-2-1-3-11(17-10)18-7-6-9(8-18)4-5-12(19)20/h1-3,9H,4-8H2,(H,19,20). The monoisotopic (exact) mass is 288 g/mol. The molecule has 0 aliphatic carbocycles. The van der Waals surface area contributed by atoms with E-state index in [-0.39, 0.29) is 12.3 Å². The number of hydrogen-bond acceptors (Lipinski definition) is 3. The maximum atomic E-state index is 12.6. The lowest BCUT2D eigenvalue weighted by Crippen LogP contribution is -2.22. The number of carboxylic acids is 1. The molecule has 1 aromatic rings. The summed E-state index contributed by atoms with van der Waals surface area (Å²) in [4.78, 5) is 15.9. The molecule has 0 amide bonds. The smallest absolute Gasteiger partial charge is 0.433 e. The molecule has 20 heavy (non-hydrogen) atoms. The summed E-state index contributed by atoms with van der Waals surface area (Å²) in [6, 6.07) is 3.84. The fourth-order valence-electron chi connectivity index (χ4n) is 2.36. The fraction of sp³-hybridized carbons (Fsp3) is 0.538. The third-order valence-corrected chi connectivity index (χ3v) is 3.40. The number of nitrogens with zero attached hydrogens (tertiary/aromatic N) is 2. The quantitative estimate of drug-likeness (QED) is 0.925. The molecule has 0 saturated carbocycles. The van der Waals surface area contributed by atoms with Gasteiger partial charge in [0, 0.05) is 19.5 Å². The number of halogens is 3. The van der Waals surface area contributed by atoms with Gasteiger partial charge in [-0.1, -0.05) is 6.07 Å². The molecule has 1 aliphatic heterocycles. The molecule has 1 aromatic heterocycles. The normalized spacial score (nSPS) is 19.4. The third-order valence-electron chi connectivity index (χ3n) is 3.40. The van der Waals surface area contributed by atoms with Crippen LogP contribution in [0.15, 0.2) is 18.2 Å². The molecule has 1 unspecified atom stereocenters. The van der Waals surface area contributed by atoms with E-state index in [1.807, 2.05) is 0 Å². The number of carboxylic acid groups (broad SMARTS) is 1. The second-order valence-corrected chi connectivity index (χ2v) is 4.91. The minimum atomic E-state index is -4.45. The van der Waals surface area contributed by atoms with Crippen LogP contribution in [0.1, 0.15) is 25.0 Å². The van der Waals surface area contributed by atoms with Crippen LogP contribution in [-0.4, -0.2) is 29.1 Å². The Bertz CT molecular complexity index is 491. The SMILES string of the molecule is O=C(O)CCC1CCN(c2cccc(C(F)(F)F)n2)C1. The van der Waals surface area contributed by atoms with Crippen LogP contribution < -0.4 is 4.90 Å². The Balaban J connectivity index is 2.01. The number of hydrogen-bond donors (Lipinski definition) is 1. The van der Waals surface area contributed by atoms with Gasteiger partial charge in [-0.15, -0.1) is 0 Å². The Labute approximate surface area is 114 Å². The highest BCUT2D eigenvalue weighted by Crippen LogP contribution is 2.30. The highest BCUT2D eigenvalue weighted by atomic mass is 19.4. The second-order valence-electron chi connectivity index (χ2n) is 4.91. The van der Waals surface area contributed by atoms with Crippen molar-refractivity contribution in [1.82, 2.24) is 4.98 Å². The van der Waals surface area contributed by atoms with Gasteiger partial charge in [0.1, 0.15) is 11.5 Å². The molecule has 7 heteroatoms. The van der Waals surface area contributed by atoms with Crippen molar-refractivity contribution in [3.05, 3.63) is 23.9 Å². The van der Waals surface area contributed by atoms with Gasteiger partial charge in [0.2, 0.25) is 0 Å². The molecule has 2 rings (SSSR count). The first kappa shape index (κ1) is 14.6. The molecular formula is C13H15F3N2O2. The van der Waals surface area contributed by atoms with Crippen LogP contribution >= 0.6 is 0 Å². The Kier molecular flexibility index (Phi) is 4.15. The average Bonchev–Trinajstić information content (AvgIpc) is 2.84. The Morgan fingerprint density at radius 3 is 2.85 bits per heavy atom. The lowest BCUT2D eigenvalue weighted by molar-refractivity contribution is -0.141. The summed E-state index contributed by atoms with van der Waals surface area (Å²) in [5, 5.41) is 8.63.